The van der Waals surface area contributed by atoms with Crippen LogP contribution in [-0.2, 0) is 0 Å². The van der Waals surface area contributed by atoms with E-state index in [0.29, 0.717) is 11.5 Å². The largest absolute Gasteiger partial charge is 0.325 e. The van der Waals surface area contributed by atoms with E-state index in [2.05, 4.69) is 37.5 Å². The number of amides is 2. The van der Waals surface area contributed by atoms with Gasteiger partial charge in [0.05, 0.1) is 0 Å². The van der Waals surface area contributed by atoms with Gasteiger partial charge in [-0.3, -0.25) is 0 Å². The Bertz CT molecular complexity index is 359. The fourth-order valence-corrected chi connectivity index (χ4v) is 3.71. The molecule has 0 bridgehead atoms. The summed E-state index contributed by atoms with van der Waals surface area (Å²) >= 11 is 0. The molecule has 0 saturated carbocycles. The van der Waals surface area contributed by atoms with Gasteiger partial charge in [-0.15, -0.1) is 0 Å². The van der Waals surface area contributed by atoms with Gasteiger partial charge in [0.25, 0.3) is 0 Å². The van der Waals surface area contributed by atoms with E-state index in [4.69, 9.17) is 0 Å². The Kier molecular flexibility index (Phi) is 5.18. The summed E-state index contributed by atoms with van der Waals surface area (Å²) in [5.74, 6) is 0. The number of carbonyl (C=O) groups excluding carboxylic acids is 1. The smallest absolute Gasteiger partial charge is 0.319 e. The maximum atomic E-state index is 12.4. The lowest BCUT2D eigenvalue weighted by molar-refractivity contribution is 0.0163. The molecule has 122 valence electrons. The molecule has 2 aliphatic heterocycles. The lowest BCUT2D eigenvalue weighted by Gasteiger charge is -2.49. The topological polar surface area (TPSA) is 26.8 Å². The highest BCUT2D eigenvalue weighted by Gasteiger charge is 2.40. The maximum absolute atomic E-state index is 12.4. The molecular formula is C17H33N3O. The van der Waals surface area contributed by atoms with Gasteiger partial charge >= 0.3 is 6.03 Å². The van der Waals surface area contributed by atoms with Gasteiger partial charge in [-0.1, -0.05) is 0 Å². The van der Waals surface area contributed by atoms with E-state index < -0.39 is 0 Å². The first kappa shape index (κ1) is 16.6. The first-order valence-electron chi connectivity index (χ1n) is 8.60. The van der Waals surface area contributed by atoms with Crippen LogP contribution in [0.4, 0.5) is 4.79 Å². The first-order valence-corrected chi connectivity index (χ1v) is 8.60. The van der Waals surface area contributed by atoms with E-state index in [-0.39, 0.29) is 12.1 Å². The molecule has 2 amide bonds. The zero-order chi connectivity index (χ0) is 15.6. The average Bonchev–Trinajstić information content (AvgIpc) is 2.46. The van der Waals surface area contributed by atoms with Gasteiger partial charge in [0.1, 0.15) is 0 Å². The number of nitrogens with zero attached hydrogens (tertiary/aromatic N) is 3. The van der Waals surface area contributed by atoms with Crippen molar-refractivity contribution in [3.8, 4) is 0 Å². The second-order valence-corrected chi connectivity index (χ2v) is 7.64. The summed E-state index contributed by atoms with van der Waals surface area (Å²) < 4.78 is 0. The molecule has 2 fully saturated rings. The van der Waals surface area contributed by atoms with Crippen molar-refractivity contribution in [1.82, 2.24) is 14.7 Å². The highest BCUT2D eigenvalue weighted by Crippen LogP contribution is 2.40. The minimum atomic E-state index is 0.205. The fourth-order valence-electron chi connectivity index (χ4n) is 3.71. The SMILES string of the molecule is CC(C)N1CCCC2(CCN(C(=O)N(C)C(C)C)CC2)C1. The van der Waals surface area contributed by atoms with Crippen LogP contribution < -0.4 is 0 Å². The maximum Gasteiger partial charge on any atom is 0.319 e. The Balaban J connectivity index is 1.92. The van der Waals surface area contributed by atoms with Crippen LogP contribution in [0.15, 0.2) is 0 Å². The highest BCUT2D eigenvalue weighted by molar-refractivity contribution is 5.74. The van der Waals surface area contributed by atoms with Crippen LogP contribution in [0.5, 0.6) is 0 Å². The first-order chi connectivity index (χ1) is 9.84. The van der Waals surface area contributed by atoms with Crippen molar-refractivity contribution in [3.05, 3.63) is 0 Å². The van der Waals surface area contributed by atoms with Crippen molar-refractivity contribution in [2.45, 2.75) is 65.5 Å². The molecule has 0 aromatic rings. The molecule has 0 atom stereocenters. The Morgan fingerprint density at radius 3 is 2.19 bits per heavy atom. The van der Waals surface area contributed by atoms with Crippen LogP contribution in [-0.4, -0.2) is 66.0 Å². The second-order valence-electron chi connectivity index (χ2n) is 7.64. The van der Waals surface area contributed by atoms with Crippen molar-refractivity contribution >= 4 is 6.03 Å². The summed E-state index contributed by atoms with van der Waals surface area (Å²) in [7, 11) is 1.92. The molecule has 1 spiro atoms. The molecule has 4 nitrogen and oxygen atoms in total. The fraction of sp³-hybridized carbons (Fsp3) is 0.941. The molecule has 0 N–H and O–H groups in total. The Morgan fingerprint density at radius 1 is 1.05 bits per heavy atom. The quantitative estimate of drug-likeness (QED) is 0.783. The van der Waals surface area contributed by atoms with Gasteiger partial charge in [-0.2, -0.15) is 0 Å². The van der Waals surface area contributed by atoms with Gasteiger partial charge in [0.2, 0.25) is 0 Å². The Labute approximate surface area is 130 Å². The zero-order valence-electron chi connectivity index (χ0n) is 14.6. The summed E-state index contributed by atoms with van der Waals surface area (Å²) in [5, 5.41) is 0. The summed E-state index contributed by atoms with van der Waals surface area (Å²) in [5.41, 5.74) is 0.468. The van der Waals surface area contributed by atoms with Crippen LogP contribution in [0.2, 0.25) is 0 Å². The summed E-state index contributed by atoms with van der Waals surface area (Å²) in [4.78, 5) is 19.0. The minimum Gasteiger partial charge on any atom is -0.325 e. The molecule has 2 heterocycles. The molecule has 2 saturated heterocycles. The number of likely N-dealkylation sites (tertiary alicyclic amines) is 2. The van der Waals surface area contributed by atoms with Crippen molar-refractivity contribution in [3.63, 3.8) is 0 Å². The van der Waals surface area contributed by atoms with E-state index in [1.54, 1.807) is 0 Å². The van der Waals surface area contributed by atoms with Gasteiger partial charge in [-0.25, -0.2) is 4.79 Å². The van der Waals surface area contributed by atoms with E-state index in [0.717, 1.165) is 13.1 Å². The second kappa shape index (κ2) is 6.55. The third kappa shape index (κ3) is 3.71. The molecule has 2 aliphatic rings. The number of rotatable bonds is 2. The normalized spacial score (nSPS) is 23.1. The lowest BCUT2D eigenvalue weighted by atomic mass is 9.72. The van der Waals surface area contributed by atoms with Crippen molar-refractivity contribution in [2.24, 2.45) is 5.41 Å². The van der Waals surface area contributed by atoms with Crippen molar-refractivity contribution in [1.29, 1.82) is 0 Å². The van der Waals surface area contributed by atoms with Crippen molar-refractivity contribution < 1.29 is 4.79 Å². The van der Waals surface area contributed by atoms with E-state index >= 15 is 0 Å². The molecule has 0 unspecified atom stereocenters. The zero-order valence-corrected chi connectivity index (χ0v) is 14.6. The Morgan fingerprint density at radius 2 is 1.67 bits per heavy atom. The van der Waals surface area contributed by atoms with Crippen LogP contribution in [0, 0.1) is 5.41 Å². The van der Waals surface area contributed by atoms with Crippen molar-refractivity contribution in [2.75, 3.05) is 33.2 Å². The number of urea groups is 1. The molecule has 0 aromatic heterocycles. The van der Waals surface area contributed by atoms with E-state index in [9.17, 15) is 4.79 Å². The van der Waals surface area contributed by atoms with Crippen LogP contribution in [0.25, 0.3) is 0 Å². The molecule has 2 rings (SSSR count). The van der Waals surface area contributed by atoms with Crippen LogP contribution in [0.3, 0.4) is 0 Å². The standard InChI is InChI=1S/C17H33N3O/c1-14(2)18(5)16(21)19-11-8-17(9-12-19)7-6-10-20(13-17)15(3)4/h14-15H,6-13H2,1-5H3. The summed E-state index contributed by atoms with van der Waals surface area (Å²) in [6, 6.07) is 1.13. The predicted octanol–water partition coefficient (Wildman–Crippen LogP) is 3.03. The van der Waals surface area contributed by atoms with Gasteiger partial charge in [0.15, 0.2) is 0 Å². The van der Waals surface area contributed by atoms with Crippen LogP contribution in [0.1, 0.15) is 53.4 Å². The van der Waals surface area contributed by atoms with E-state index in [1.807, 2.05) is 11.9 Å². The third-order valence-electron chi connectivity index (χ3n) is 5.59. The molecule has 0 aromatic carbocycles. The molecule has 0 radical (unpaired) electrons. The number of hydrogen-bond donors (Lipinski definition) is 0. The molecule has 0 aliphatic carbocycles. The summed E-state index contributed by atoms with van der Waals surface area (Å²) in [6.45, 7) is 13.1. The molecule has 21 heavy (non-hydrogen) atoms. The lowest BCUT2D eigenvalue weighted by Crippen LogP contribution is -2.54. The predicted molar refractivity (Wildman–Crippen MR) is 87.5 cm³/mol. The van der Waals surface area contributed by atoms with Gasteiger partial charge < -0.3 is 14.7 Å². The molecule has 4 heteroatoms. The van der Waals surface area contributed by atoms with Gasteiger partial charge in [-0.05, 0) is 65.3 Å². The third-order valence-corrected chi connectivity index (χ3v) is 5.59. The molecular weight excluding hydrogens is 262 g/mol. The number of hydrogen-bond acceptors (Lipinski definition) is 2. The number of carbonyl (C=O) groups is 1. The monoisotopic (exact) mass is 295 g/mol. The number of piperidine rings is 2. The average molecular weight is 295 g/mol. The van der Waals surface area contributed by atoms with Crippen LogP contribution >= 0.6 is 0 Å². The van der Waals surface area contributed by atoms with Gasteiger partial charge in [0, 0.05) is 38.8 Å². The Hall–Kier alpha value is -0.770. The van der Waals surface area contributed by atoms with E-state index in [1.165, 1.54) is 38.8 Å². The minimum absolute atomic E-state index is 0.205. The highest BCUT2D eigenvalue weighted by atomic mass is 16.2. The summed E-state index contributed by atoms with van der Waals surface area (Å²) in [6.07, 6.45) is 5.01.